The van der Waals surface area contributed by atoms with Crippen LogP contribution in [0, 0.1) is 12.5 Å². The van der Waals surface area contributed by atoms with Gasteiger partial charge in [-0.05, 0) is 18.8 Å². The second-order valence-corrected chi connectivity index (χ2v) is 3.32. The fraction of sp³-hybridized carbons (Fsp3) is 0.800. The van der Waals surface area contributed by atoms with Gasteiger partial charge in [-0.25, -0.2) is 0 Å². The number of unbranched alkanes of at least 4 members (excludes halogenated alkanes) is 3. The Morgan fingerprint density at radius 3 is 2.60 bits per heavy atom. The van der Waals surface area contributed by atoms with E-state index >= 15 is 0 Å². The zero-order valence-electron chi connectivity index (χ0n) is 6.68. The van der Waals surface area contributed by atoms with Crippen molar-refractivity contribution >= 4 is 0 Å². The molecule has 0 amide bonds. The summed E-state index contributed by atoms with van der Waals surface area (Å²) in [7, 11) is 0. The Morgan fingerprint density at radius 1 is 1.20 bits per heavy atom. The summed E-state index contributed by atoms with van der Waals surface area (Å²) < 4.78 is 0. The van der Waals surface area contributed by atoms with Crippen molar-refractivity contribution in [3.8, 4) is 0 Å². The van der Waals surface area contributed by atoms with E-state index in [2.05, 4.69) is 0 Å². The average molecular weight is 137 g/mol. The van der Waals surface area contributed by atoms with E-state index in [1.807, 2.05) is 0 Å². The van der Waals surface area contributed by atoms with Gasteiger partial charge in [0.2, 0.25) is 0 Å². The minimum absolute atomic E-state index is 1.10. The summed E-state index contributed by atoms with van der Waals surface area (Å²) in [6.45, 7) is 5.26. The van der Waals surface area contributed by atoms with Crippen LogP contribution >= 0.6 is 0 Å². The van der Waals surface area contributed by atoms with Crippen molar-refractivity contribution in [1.29, 1.82) is 0 Å². The molecule has 0 aromatic carbocycles. The van der Waals surface area contributed by atoms with Crippen molar-refractivity contribution < 1.29 is 0 Å². The highest BCUT2D eigenvalue weighted by atomic mass is 14.2. The molecule has 1 aliphatic carbocycles. The molecule has 10 heavy (non-hydrogen) atoms. The average Bonchev–Trinajstić information content (AvgIpc) is 2.71. The lowest BCUT2D eigenvalue weighted by Crippen LogP contribution is -1.78. The molecular formula is C10H17. The molecule has 0 nitrogen and oxygen atoms in total. The summed E-state index contributed by atoms with van der Waals surface area (Å²) in [6, 6.07) is 0. The molecule has 0 unspecified atom stereocenters. The maximum Gasteiger partial charge on any atom is -0.0348 e. The van der Waals surface area contributed by atoms with Gasteiger partial charge < -0.3 is 0 Å². The predicted octanol–water partition coefficient (Wildman–Crippen LogP) is 3.34. The minimum atomic E-state index is 1.10. The predicted molar refractivity (Wildman–Crippen MR) is 44.7 cm³/mol. The largest absolute Gasteiger partial charge is 0.0845 e. The lowest BCUT2D eigenvalue weighted by atomic mass is 10.1. The van der Waals surface area contributed by atoms with Crippen LogP contribution in [0.15, 0.2) is 6.08 Å². The van der Waals surface area contributed by atoms with Gasteiger partial charge in [0.1, 0.15) is 0 Å². The Hall–Kier alpha value is -0.260. The summed E-state index contributed by atoms with van der Waals surface area (Å²) in [5.41, 5.74) is 0. The molecule has 0 aliphatic heterocycles. The number of hydrogen-bond acceptors (Lipinski definition) is 0. The monoisotopic (exact) mass is 137 g/mol. The topological polar surface area (TPSA) is 0 Å². The normalized spacial score (nSPS) is 17.2. The molecule has 0 heteroatoms. The van der Waals surface area contributed by atoms with Gasteiger partial charge in [-0.2, -0.15) is 0 Å². The molecule has 1 rings (SSSR count). The fourth-order valence-corrected chi connectivity index (χ4v) is 1.28. The first kappa shape index (κ1) is 7.84. The van der Waals surface area contributed by atoms with E-state index in [9.17, 15) is 0 Å². The van der Waals surface area contributed by atoms with Crippen LogP contribution in [0.4, 0.5) is 0 Å². The Balaban J connectivity index is 1.72. The Bertz CT molecular complexity index is 90.2. The third kappa shape index (κ3) is 3.71. The van der Waals surface area contributed by atoms with Gasteiger partial charge in [0.15, 0.2) is 0 Å². The Kier molecular flexibility index (Phi) is 3.56. The van der Waals surface area contributed by atoms with Crippen LogP contribution in [0.1, 0.15) is 44.9 Å². The second kappa shape index (κ2) is 4.54. The van der Waals surface area contributed by atoms with Gasteiger partial charge >= 0.3 is 0 Å². The van der Waals surface area contributed by atoms with Gasteiger partial charge in [-0.1, -0.05) is 44.8 Å². The molecule has 0 bridgehead atoms. The number of rotatable bonds is 6. The molecule has 1 radical (unpaired) electrons. The molecule has 1 saturated carbocycles. The molecule has 1 aliphatic rings. The van der Waals surface area contributed by atoms with Crippen LogP contribution in [0.3, 0.4) is 0 Å². The van der Waals surface area contributed by atoms with Crippen molar-refractivity contribution in [3.05, 3.63) is 12.7 Å². The highest BCUT2D eigenvalue weighted by molar-refractivity contribution is 4.72. The van der Waals surface area contributed by atoms with E-state index in [0.29, 0.717) is 0 Å². The first-order chi connectivity index (χ1) is 4.93. The van der Waals surface area contributed by atoms with Crippen LogP contribution in [-0.4, -0.2) is 0 Å². The van der Waals surface area contributed by atoms with E-state index in [1.54, 1.807) is 6.08 Å². The molecule has 0 spiro atoms. The van der Waals surface area contributed by atoms with E-state index in [-0.39, 0.29) is 0 Å². The SMILES string of the molecule is [CH]=CCCCCCC1CC1. The van der Waals surface area contributed by atoms with Crippen molar-refractivity contribution in [2.75, 3.05) is 0 Å². The van der Waals surface area contributed by atoms with Crippen LogP contribution in [-0.2, 0) is 0 Å². The summed E-state index contributed by atoms with van der Waals surface area (Å²) >= 11 is 0. The van der Waals surface area contributed by atoms with Gasteiger partial charge in [0.25, 0.3) is 0 Å². The smallest absolute Gasteiger partial charge is 0.0348 e. The second-order valence-electron chi connectivity index (χ2n) is 3.32. The van der Waals surface area contributed by atoms with Gasteiger partial charge in [-0.3, -0.25) is 0 Å². The van der Waals surface area contributed by atoms with Crippen molar-refractivity contribution in [1.82, 2.24) is 0 Å². The molecule has 0 heterocycles. The van der Waals surface area contributed by atoms with Crippen molar-refractivity contribution in [2.45, 2.75) is 44.9 Å². The molecule has 0 atom stereocenters. The van der Waals surface area contributed by atoms with Crippen molar-refractivity contribution in [3.63, 3.8) is 0 Å². The first-order valence-electron chi connectivity index (χ1n) is 4.47. The summed E-state index contributed by atoms with van der Waals surface area (Å²) in [4.78, 5) is 0. The van der Waals surface area contributed by atoms with Crippen LogP contribution < -0.4 is 0 Å². The lowest BCUT2D eigenvalue weighted by molar-refractivity contribution is 0.607. The van der Waals surface area contributed by atoms with Gasteiger partial charge in [-0.15, -0.1) is 0 Å². The maximum absolute atomic E-state index is 5.26. The third-order valence-corrected chi connectivity index (χ3v) is 2.18. The van der Waals surface area contributed by atoms with Gasteiger partial charge in [0.05, 0.1) is 0 Å². The van der Waals surface area contributed by atoms with E-state index in [4.69, 9.17) is 6.58 Å². The standard InChI is InChI=1S/C10H17/c1-2-3-4-5-6-7-10-8-9-10/h1-2,10H,3-9H2. The zero-order valence-corrected chi connectivity index (χ0v) is 6.68. The lowest BCUT2D eigenvalue weighted by Gasteiger charge is -1.95. The summed E-state index contributed by atoms with van der Waals surface area (Å²) in [6.07, 6.45) is 11.5. The van der Waals surface area contributed by atoms with Crippen LogP contribution in [0.2, 0.25) is 0 Å². The number of allylic oxidation sites excluding steroid dienone is 1. The molecule has 0 aromatic rings. The minimum Gasteiger partial charge on any atom is -0.0845 e. The molecule has 0 N–H and O–H groups in total. The molecule has 1 fully saturated rings. The first-order valence-corrected chi connectivity index (χ1v) is 4.47. The Labute approximate surface area is 64.3 Å². The summed E-state index contributed by atoms with van der Waals surface area (Å²) in [5, 5.41) is 0. The van der Waals surface area contributed by atoms with E-state index in [0.717, 1.165) is 12.3 Å². The Morgan fingerprint density at radius 2 is 2.00 bits per heavy atom. The molecule has 0 aromatic heterocycles. The molecule has 0 saturated heterocycles. The van der Waals surface area contributed by atoms with Crippen molar-refractivity contribution in [2.24, 2.45) is 5.92 Å². The quantitative estimate of drug-likeness (QED) is 0.492. The maximum atomic E-state index is 5.26. The van der Waals surface area contributed by atoms with Crippen LogP contribution in [0.25, 0.3) is 0 Å². The summed E-state index contributed by atoms with van der Waals surface area (Å²) in [5.74, 6) is 1.11. The molecule has 57 valence electrons. The third-order valence-electron chi connectivity index (χ3n) is 2.18. The van der Waals surface area contributed by atoms with E-state index in [1.165, 1.54) is 38.5 Å². The van der Waals surface area contributed by atoms with Gasteiger partial charge in [0, 0.05) is 0 Å². The zero-order chi connectivity index (χ0) is 7.23. The number of hydrogen-bond donors (Lipinski definition) is 0. The highest BCUT2D eigenvalue weighted by Crippen LogP contribution is 2.34. The van der Waals surface area contributed by atoms with Crippen LogP contribution in [0.5, 0.6) is 0 Å². The highest BCUT2D eigenvalue weighted by Gasteiger charge is 2.19. The fourth-order valence-electron chi connectivity index (χ4n) is 1.28. The van der Waals surface area contributed by atoms with E-state index < -0.39 is 0 Å². The molecular weight excluding hydrogens is 120 g/mol.